The fourth-order valence-corrected chi connectivity index (χ4v) is 2.01. The number of rotatable bonds is 6. The first-order chi connectivity index (χ1) is 7.27. The summed E-state index contributed by atoms with van der Waals surface area (Å²) in [6, 6.07) is 0.533. The molecule has 0 amide bonds. The fourth-order valence-electron chi connectivity index (χ4n) is 2.01. The molecule has 90 valence electrons. The lowest BCUT2D eigenvalue weighted by atomic mass is 10.2. The summed E-state index contributed by atoms with van der Waals surface area (Å²) in [5, 5.41) is 0. The van der Waals surface area contributed by atoms with Crippen LogP contribution in [0.2, 0.25) is 0 Å². The Labute approximate surface area is 93.4 Å². The Hall–Kier alpha value is -0.160. The molecule has 1 aliphatic rings. The van der Waals surface area contributed by atoms with Crippen LogP contribution in [0.1, 0.15) is 13.3 Å². The molecule has 1 rings (SSSR count). The van der Waals surface area contributed by atoms with Gasteiger partial charge in [-0.1, -0.05) is 0 Å². The summed E-state index contributed by atoms with van der Waals surface area (Å²) in [4.78, 5) is 4.99. The zero-order chi connectivity index (χ0) is 11.1. The van der Waals surface area contributed by atoms with Crippen molar-refractivity contribution in [3.63, 3.8) is 0 Å². The number of hydrogen-bond donors (Lipinski definition) is 1. The third-order valence-electron chi connectivity index (χ3n) is 3.19. The molecule has 0 aliphatic carbocycles. The summed E-state index contributed by atoms with van der Waals surface area (Å²) < 4.78 is 5.06. The highest BCUT2D eigenvalue weighted by Crippen LogP contribution is 2.05. The Morgan fingerprint density at radius 2 is 1.93 bits per heavy atom. The molecule has 4 nitrogen and oxygen atoms in total. The molecule has 0 aromatic rings. The van der Waals surface area contributed by atoms with E-state index in [1.165, 1.54) is 19.6 Å². The van der Waals surface area contributed by atoms with Crippen molar-refractivity contribution in [2.24, 2.45) is 5.73 Å². The molecule has 1 saturated heterocycles. The molecule has 0 radical (unpaired) electrons. The van der Waals surface area contributed by atoms with Gasteiger partial charge in [-0.15, -0.1) is 0 Å². The van der Waals surface area contributed by atoms with Crippen LogP contribution in [0, 0.1) is 0 Å². The second kappa shape index (κ2) is 7.17. The first kappa shape index (κ1) is 12.9. The maximum Gasteiger partial charge on any atom is 0.0474 e. The highest BCUT2D eigenvalue weighted by molar-refractivity contribution is 4.76. The summed E-state index contributed by atoms with van der Waals surface area (Å²) in [6.45, 7) is 9.68. The molecule has 4 heteroatoms. The van der Waals surface area contributed by atoms with Gasteiger partial charge in [0.05, 0.1) is 0 Å². The lowest BCUT2D eigenvalue weighted by Crippen LogP contribution is -2.51. The van der Waals surface area contributed by atoms with Crippen molar-refractivity contribution in [3.8, 4) is 0 Å². The Balaban J connectivity index is 2.12. The van der Waals surface area contributed by atoms with Crippen LogP contribution in [0.25, 0.3) is 0 Å². The molecule has 1 fully saturated rings. The lowest BCUT2D eigenvalue weighted by molar-refractivity contribution is 0.0955. The molecule has 0 saturated carbocycles. The Morgan fingerprint density at radius 3 is 2.47 bits per heavy atom. The van der Waals surface area contributed by atoms with Gasteiger partial charge in [0.2, 0.25) is 0 Å². The first-order valence-corrected chi connectivity index (χ1v) is 5.93. The SMILES string of the molecule is COCCCN1CCN(C(C)CN)CC1. The topological polar surface area (TPSA) is 41.7 Å². The summed E-state index contributed by atoms with van der Waals surface area (Å²) in [5.41, 5.74) is 5.66. The number of methoxy groups -OCH3 is 1. The Morgan fingerprint density at radius 1 is 1.27 bits per heavy atom. The molecule has 1 unspecified atom stereocenters. The van der Waals surface area contributed by atoms with Gasteiger partial charge in [0.1, 0.15) is 0 Å². The number of ether oxygens (including phenoxy) is 1. The van der Waals surface area contributed by atoms with Crippen molar-refractivity contribution >= 4 is 0 Å². The van der Waals surface area contributed by atoms with Crippen molar-refractivity contribution in [2.75, 3.05) is 53.0 Å². The van der Waals surface area contributed by atoms with Crippen molar-refractivity contribution in [1.29, 1.82) is 0 Å². The monoisotopic (exact) mass is 215 g/mol. The maximum atomic E-state index is 5.66. The number of hydrogen-bond acceptors (Lipinski definition) is 4. The van der Waals surface area contributed by atoms with E-state index < -0.39 is 0 Å². The number of piperazine rings is 1. The highest BCUT2D eigenvalue weighted by atomic mass is 16.5. The molecule has 0 spiro atoms. The van der Waals surface area contributed by atoms with Crippen LogP contribution >= 0.6 is 0 Å². The van der Waals surface area contributed by atoms with Crippen LogP contribution in [0.5, 0.6) is 0 Å². The molecule has 0 aromatic carbocycles. The minimum atomic E-state index is 0.533. The van der Waals surface area contributed by atoms with Gasteiger partial charge in [-0.3, -0.25) is 4.90 Å². The van der Waals surface area contributed by atoms with Gasteiger partial charge < -0.3 is 15.4 Å². The minimum absolute atomic E-state index is 0.533. The zero-order valence-corrected chi connectivity index (χ0v) is 10.1. The third-order valence-corrected chi connectivity index (χ3v) is 3.19. The third kappa shape index (κ3) is 4.47. The molecule has 0 bridgehead atoms. The second-order valence-electron chi connectivity index (χ2n) is 4.31. The smallest absolute Gasteiger partial charge is 0.0474 e. The van der Waals surface area contributed by atoms with Gasteiger partial charge in [-0.05, 0) is 13.3 Å². The van der Waals surface area contributed by atoms with E-state index in [0.717, 1.165) is 32.7 Å². The summed E-state index contributed by atoms with van der Waals surface area (Å²) in [6.07, 6.45) is 1.14. The lowest BCUT2D eigenvalue weighted by Gasteiger charge is -2.37. The molecule has 1 atom stereocenters. The predicted molar refractivity (Wildman–Crippen MR) is 63.0 cm³/mol. The standard InChI is InChI=1S/C11H25N3O/c1-11(10-12)14-7-5-13(6-8-14)4-3-9-15-2/h11H,3-10,12H2,1-2H3. The van der Waals surface area contributed by atoms with Crippen molar-refractivity contribution < 1.29 is 4.74 Å². The largest absolute Gasteiger partial charge is 0.385 e. The van der Waals surface area contributed by atoms with E-state index in [0.29, 0.717) is 6.04 Å². The van der Waals surface area contributed by atoms with Gasteiger partial charge in [0, 0.05) is 59.0 Å². The Bertz CT molecular complexity index is 158. The van der Waals surface area contributed by atoms with Crippen LogP contribution in [0.4, 0.5) is 0 Å². The van der Waals surface area contributed by atoms with E-state index >= 15 is 0 Å². The molecular formula is C11H25N3O. The number of nitrogens with two attached hydrogens (primary N) is 1. The maximum absolute atomic E-state index is 5.66. The molecule has 1 aliphatic heterocycles. The zero-order valence-electron chi connectivity index (χ0n) is 10.1. The van der Waals surface area contributed by atoms with Crippen LogP contribution < -0.4 is 5.73 Å². The van der Waals surface area contributed by atoms with Gasteiger partial charge in [0.25, 0.3) is 0 Å². The molecule has 0 aromatic heterocycles. The van der Waals surface area contributed by atoms with E-state index in [9.17, 15) is 0 Å². The van der Waals surface area contributed by atoms with Crippen LogP contribution in [-0.4, -0.2) is 68.8 Å². The van der Waals surface area contributed by atoms with Gasteiger partial charge in [0.15, 0.2) is 0 Å². The van der Waals surface area contributed by atoms with Crippen LogP contribution in [0.3, 0.4) is 0 Å². The van der Waals surface area contributed by atoms with Gasteiger partial charge in [-0.25, -0.2) is 0 Å². The van der Waals surface area contributed by atoms with E-state index in [2.05, 4.69) is 16.7 Å². The average Bonchev–Trinajstić information content (AvgIpc) is 2.29. The molecule has 2 N–H and O–H groups in total. The minimum Gasteiger partial charge on any atom is -0.385 e. The summed E-state index contributed by atoms with van der Waals surface area (Å²) in [7, 11) is 1.76. The first-order valence-electron chi connectivity index (χ1n) is 5.93. The quantitative estimate of drug-likeness (QED) is 0.633. The van der Waals surface area contributed by atoms with Crippen molar-refractivity contribution in [3.05, 3.63) is 0 Å². The summed E-state index contributed by atoms with van der Waals surface area (Å²) >= 11 is 0. The second-order valence-corrected chi connectivity index (χ2v) is 4.31. The van der Waals surface area contributed by atoms with Crippen LogP contribution in [0.15, 0.2) is 0 Å². The van der Waals surface area contributed by atoms with E-state index in [1.54, 1.807) is 7.11 Å². The van der Waals surface area contributed by atoms with Gasteiger partial charge >= 0.3 is 0 Å². The predicted octanol–water partition coefficient (Wildman–Crippen LogP) is -0.0123. The fraction of sp³-hybridized carbons (Fsp3) is 1.00. The molecular weight excluding hydrogens is 190 g/mol. The van der Waals surface area contributed by atoms with E-state index in [4.69, 9.17) is 10.5 Å². The van der Waals surface area contributed by atoms with E-state index in [1.807, 2.05) is 0 Å². The van der Waals surface area contributed by atoms with Crippen molar-refractivity contribution in [2.45, 2.75) is 19.4 Å². The van der Waals surface area contributed by atoms with E-state index in [-0.39, 0.29) is 0 Å². The Kier molecular flexibility index (Phi) is 6.17. The molecule has 1 heterocycles. The van der Waals surface area contributed by atoms with Gasteiger partial charge in [-0.2, -0.15) is 0 Å². The number of nitrogens with zero attached hydrogens (tertiary/aromatic N) is 2. The van der Waals surface area contributed by atoms with Crippen LogP contribution in [-0.2, 0) is 4.74 Å². The highest BCUT2D eigenvalue weighted by Gasteiger charge is 2.19. The normalized spacial score (nSPS) is 21.8. The van der Waals surface area contributed by atoms with Crippen molar-refractivity contribution in [1.82, 2.24) is 9.80 Å². The molecule has 15 heavy (non-hydrogen) atoms. The average molecular weight is 215 g/mol. The summed E-state index contributed by atoms with van der Waals surface area (Å²) in [5.74, 6) is 0.